The summed E-state index contributed by atoms with van der Waals surface area (Å²) in [6.45, 7) is 11.3. The van der Waals surface area contributed by atoms with Crippen molar-refractivity contribution in [2.24, 2.45) is 7.05 Å². The SMILES string of the molecule is Cc1cccc(-c2cn(C)c(=O)c(Nc3ccc(C(=O)N4CCN(C(=O)OC(C)(C)C)CC4)cc3)n2)c1C. The molecule has 0 aliphatic carbocycles. The highest BCUT2D eigenvalue weighted by molar-refractivity contribution is 5.94. The molecule has 3 aromatic rings. The first-order chi connectivity index (χ1) is 17.9. The summed E-state index contributed by atoms with van der Waals surface area (Å²) in [6.07, 6.45) is 1.38. The fraction of sp³-hybridized carbons (Fsp3) is 0.379. The molecule has 9 heteroatoms. The average molecular weight is 518 g/mol. The predicted octanol–water partition coefficient (Wildman–Crippen LogP) is 4.50. The van der Waals surface area contributed by atoms with E-state index in [-0.39, 0.29) is 23.4 Å². The van der Waals surface area contributed by atoms with Gasteiger partial charge in [0.1, 0.15) is 5.60 Å². The number of amides is 2. The lowest BCUT2D eigenvalue weighted by atomic mass is 10.0. The van der Waals surface area contributed by atoms with Gasteiger partial charge in [-0.25, -0.2) is 9.78 Å². The number of aromatic nitrogens is 2. The van der Waals surface area contributed by atoms with Crippen molar-refractivity contribution in [3.8, 4) is 11.3 Å². The molecule has 2 heterocycles. The smallest absolute Gasteiger partial charge is 0.410 e. The van der Waals surface area contributed by atoms with E-state index < -0.39 is 5.60 Å². The zero-order valence-corrected chi connectivity index (χ0v) is 22.9. The molecule has 1 aliphatic rings. The highest BCUT2D eigenvalue weighted by Crippen LogP contribution is 2.25. The largest absolute Gasteiger partial charge is 0.444 e. The van der Waals surface area contributed by atoms with Gasteiger partial charge in [0.05, 0.1) is 5.69 Å². The minimum Gasteiger partial charge on any atom is -0.444 e. The van der Waals surface area contributed by atoms with Gasteiger partial charge < -0.3 is 24.4 Å². The van der Waals surface area contributed by atoms with Crippen LogP contribution in [0.25, 0.3) is 11.3 Å². The molecule has 1 aliphatic heterocycles. The standard InChI is InChI=1S/C29H35N5O4/c1-19-8-7-9-23(20(19)2)24-18-32(6)27(36)25(31-24)30-22-12-10-21(11-13-22)26(35)33-14-16-34(17-15-33)28(37)38-29(3,4)5/h7-13,18H,14-17H2,1-6H3,(H,30,31). The van der Waals surface area contributed by atoms with Gasteiger partial charge in [-0.1, -0.05) is 18.2 Å². The maximum Gasteiger partial charge on any atom is 0.410 e. The van der Waals surface area contributed by atoms with Crippen LogP contribution < -0.4 is 10.9 Å². The molecule has 38 heavy (non-hydrogen) atoms. The van der Waals surface area contributed by atoms with Crippen molar-refractivity contribution in [1.29, 1.82) is 0 Å². The highest BCUT2D eigenvalue weighted by Gasteiger charge is 2.28. The topological polar surface area (TPSA) is 96.8 Å². The molecule has 1 aromatic heterocycles. The summed E-state index contributed by atoms with van der Waals surface area (Å²) in [6, 6.07) is 13.0. The summed E-state index contributed by atoms with van der Waals surface area (Å²) in [5.74, 6) is 0.106. The molecule has 2 amide bonds. The van der Waals surface area contributed by atoms with Crippen LogP contribution in [0, 0.1) is 13.8 Å². The fourth-order valence-electron chi connectivity index (χ4n) is 4.28. The van der Waals surface area contributed by atoms with Crippen LogP contribution in [0.15, 0.2) is 53.5 Å². The Balaban J connectivity index is 1.44. The summed E-state index contributed by atoms with van der Waals surface area (Å²) >= 11 is 0. The summed E-state index contributed by atoms with van der Waals surface area (Å²) in [5, 5.41) is 3.11. The Hall–Kier alpha value is -4.14. The van der Waals surface area contributed by atoms with E-state index in [2.05, 4.69) is 10.3 Å². The number of carbonyl (C=O) groups is 2. The molecule has 2 aromatic carbocycles. The Bertz CT molecular complexity index is 1400. The van der Waals surface area contributed by atoms with Crippen molar-refractivity contribution >= 4 is 23.5 Å². The number of rotatable bonds is 4. The molecule has 0 unspecified atom stereocenters. The summed E-state index contributed by atoms with van der Waals surface area (Å²) in [4.78, 5) is 46.1. The molecule has 1 fully saturated rings. The quantitative estimate of drug-likeness (QED) is 0.547. The molecule has 0 bridgehead atoms. The number of ether oxygens (including phenoxy) is 1. The van der Waals surface area contributed by atoms with Crippen LogP contribution in [0.2, 0.25) is 0 Å². The van der Waals surface area contributed by atoms with Crippen LogP contribution in [-0.2, 0) is 11.8 Å². The first kappa shape index (κ1) is 26.9. The zero-order chi connectivity index (χ0) is 27.6. The summed E-state index contributed by atoms with van der Waals surface area (Å²) in [7, 11) is 1.70. The number of anilines is 2. The number of piperazine rings is 1. The molecule has 9 nitrogen and oxygen atoms in total. The van der Waals surface area contributed by atoms with Crippen LogP contribution in [0.1, 0.15) is 42.3 Å². The van der Waals surface area contributed by atoms with E-state index in [1.54, 1.807) is 47.3 Å². The molecular weight excluding hydrogens is 482 g/mol. The van der Waals surface area contributed by atoms with Gasteiger partial charge in [-0.05, 0) is 70.0 Å². The van der Waals surface area contributed by atoms with E-state index in [0.29, 0.717) is 43.1 Å². The predicted molar refractivity (Wildman–Crippen MR) is 148 cm³/mol. The molecular formula is C29H35N5O4. The Labute approximate surface area is 223 Å². The second-order valence-electron chi connectivity index (χ2n) is 10.6. The van der Waals surface area contributed by atoms with E-state index in [1.807, 2.05) is 52.8 Å². The molecule has 200 valence electrons. The van der Waals surface area contributed by atoms with E-state index in [0.717, 1.165) is 16.7 Å². The maximum atomic E-state index is 13.0. The second-order valence-corrected chi connectivity index (χ2v) is 10.6. The number of hydrogen-bond donors (Lipinski definition) is 1. The Kier molecular flexibility index (Phi) is 7.57. The number of nitrogens with zero attached hydrogens (tertiary/aromatic N) is 4. The number of nitrogens with one attached hydrogen (secondary N) is 1. The second kappa shape index (κ2) is 10.7. The molecule has 1 N–H and O–H groups in total. The minimum absolute atomic E-state index is 0.105. The first-order valence-electron chi connectivity index (χ1n) is 12.7. The first-order valence-corrected chi connectivity index (χ1v) is 12.7. The lowest BCUT2D eigenvalue weighted by molar-refractivity contribution is 0.0141. The molecule has 0 spiro atoms. The number of carbonyl (C=O) groups excluding carboxylic acids is 2. The van der Waals surface area contributed by atoms with Crippen LogP contribution in [-0.4, -0.2) is 63.1 Å². The Morgan fingerprint density at radius 2 is 1.58 bits per heavy atom. The van der Waals surface area contributed by atoms with Crippen molar-refractivity contribution in [2.75, 3.05) is 31.5 Å². The zero-order valence-electron chi connectivity index (χ0n) is 22.9. The van der Waals surface area contributed by atoms with E-state index >= 15 is 0 Å². The summed E-state index contributed by atoms with van der Waals surface area (Å²) < 4.78 is 6.94. The molecule has 0 saturated carbocycles. The molecule has 0 radical (unpaired) electrons. The fourth-order valence-corrected chi connectivity index (χ4v) is 4.28. The van der Waals surface area contributed by atoms with Crippen molar-refractivity contribution in [3.05, 3.63) is 75.7 Å². The normalized spacial score (nSPS) is 13.8. The number of aryl methyl sites for hydroxylation is 2. The number of hydrogen-bond acceptors (Lipinski definition) is 6. The Morgan fingerprint density at radius 3 is 2.21 bits per heavy atom. The average Bonchev–Trinajstić information content (AvgIpc) is 2.87. The van der Waals surface area contributed by atoms with Gasteiger partial charge >= 0.3 is 6.09 Å². The van der Waals surface area contributed by atoms with Crippen molar-refractivity contribution in [1.82, 2.24) is 19.4 Å². The van der Waals surface area contributed by atoms with E-state index in [1.165, 1.54) is 4.57 Å². The van der Waals surface area contributed by atoms with Crippen molar-refractivity contribution in [3.63, 3.8) is 0 Å². The van der Waals surface area contributed by atoms with Crippen LogP contribution in [0.4, 0.5) is 16.3 Å². The van der Waals surface area contributed by atoms with Crippen LogP contribution in [0.3, 0.4) is 0 Å². The van der Waals surface area contributed by atoms with Gasteiger partial charge in [-0.15, -0.1) is 0 Å². The van der Waals surface area contributed by atoms with E-state index in [9.17, 15) is 14.4 Å². The lowest BCUT2D eigenvalue weighted by Gasteiger charge is -2.35. The molecule has 1 saturated heterocycles. The van der Waals surface area contributed by atoms with Gasteiger partial charge in [0, 0.05) is 56.2 Å². The summed E-state index contributed by atoms with van der Waals surface area (Å²) in [5.41, 5.74) is 4.32. The third-order valence-electron chi connectivity index (χ3n) is 6.56. The molecule has 4 rings (SSSR count). The monoisotopic (exact) mass is 517 g/mol. The minimum atomic E-state index is -0.555. The van der Waals surface area contributed by atoms with Crippen molar-refractivity contribution in [2.45, 2.75) is 40.2 Å². The third kappa shape index (κ3) is 6.04. The van der Waals surface area contributed by atoms with E-state index in [4.69, 9.17) is 4.74 Å². The van der Waals surface area contributed by atoms with Gasteiger partial charge in [0.25, 0.3) is 11.5 Å². The maximum absolute atomic E-state index is 13.0. The lowest BCUT2D eigenvalue weighted by Crippen LogP contribution is -2.51. The van der Waals surface area contributed by atoms with Gasteiger partial charge in [-0.2, -0.15) is 0 Å². The van der Waals surface area contributed by atoms with Crippen molar-refractivity contribution < 1.29 is 14.3 Å². The van der Waals surface area contributed by atoms with Crippen LogP contribution in [0.5, 0.6) is 0 Å². The molecule has 0 atom stereocenters. The Morgan fingerprint density at radius 1 is 0.947 bits per heavy atom. The van der Waals surface area contributed by atoms with Gasteiger partial charge in [0.15, 0.2) is 5.82 Å². The van der Waals surface area contributed by atoms with Gasteiger partial charge in [0.2, 0.25) is 0 Å². The third-order valence-corrected chi connectivity index (χ3v) is 6.56. The van der Waals surface area contributed by atoms with Crippen LogP contribution >= 0.6 is 0 Å². The highest BCUT2D eigenvalue weighted by atomic mass is 16.6. The van der Waals surface area contributed by atoms with Gasteiger partial charge in [-0.3, -0.25) is 9.59 Å². The number of benzene rings is 2.